The van der Waals surface area contributed by atoms with Crippen molar-refractivity contribution in [2.24, 2.45) is 5.41 Å². The van der Waals surface area contributed by atoms with Gasteiger partial charge < -0.3 is 20.7 Å². The van der Waals surface area contributed by atoms with Crippen LogP contribution >= 0.6 is 0 Å². The standard InChI is InChI=1S/C25H41N5O3/c1-24(2,3)12-11-20(31)30-14-8-10-18-21(19(26)15-27-22(18)30)29-13-7-9-17(16-29)28-23(32)33-25(4,5)6/h15,17H,7-14,16,26H2,1-6H3,(H,28,32)/t17-/m0/s1. The number of rotatable bonds is 4. The number of piperidine rings is 1. The summed E-state index contributed by atoms with van der Waals surface area (Å²) in [7, 11) is 0. The number of aromatic nitrogens is 1. The molecule has 1 saturated heterocycles. The molecule has 8 nitrogen and oxygen atoms in total. The third-order valence-corrected chi connectivity index (χ3v) is 6.07. The van der Waals surface area contributed by atoms with Crippen LogP contribution in [0.15, 0.2) is 6.20 Å². The quantitative estimate of drug-likeness (QED) is 0.698. The van der Waals surface area contributed by atoms with Gasteiger partial charge in [0.15, 0.2) is 0 Å². The van der Waals surface area contributed by atoms with Crippen LogP contribution in [-0.4, -0.2) is 48.3 Å². The Morgan fingerprint density at radius 3 is 2.58 bits per heavy atom. The van der Waals surface area contributed by atoms with Gasteiger partial charge in [-0.1, -0.05) is 20.8 Å². The molecule has 0 aromatic carbocycles. The maximum Gasteiger partial charge on any atom is 0.407 e. The van der Waals surface area contributed by atoms with Crippen LogP contribution in [0, 0.1) is 5.41 Å². The van der Waals surface area contributed by atoms with Crippen LogP contribution in [0.3, 0.4) is 0 Å². The van der Waals surface area contributed by atoms with E-state index in [9.17, 15) is 9.59 Å². The molecule has 3 N–H and O–H groups in total. The predicted octanol–water partition coefficient (Wildman–Crippen LogP) is 4.26. The fraction of sp³-hybridized carbons (Fsp3) is 0.720. The maximum atomic E-state index is 13.0. The van der Waals surface area contributed by atoms with Crippen LogP contribution < -0.4 is 20.9 Å². The molecule has 0 bridgehead atoms. The predicted molar refractivity (Wildman–Crippen MR) is 133 cm³/mol. The number of amides is 2. The molecule has 1 fully saturated rings. The lowest BCUT2D eigenvalue weighted by atomic mass is 9.90. The molecular formula is C25H41N5O3. The summed E-state index contributed by atoms with van der Waals surface area (Å²) in [6, 6.07) is -0.0232. The lowest BCUT2D eigenvalue weighted by molar-refractivity contribution is -0.119. The molecule has 2 aliphatic heterocycles. The Morgan fingerprint density at radius 2 is 1.91 bits per heavy atom. The smallest absolute Gasteiger partial charge is 0.407 e. The molecule has 0 aliphatic carbocycles. The van der Waals surface area contributed by atoms with E-state index in [1.54, 1.807) is 6.20 Å². The zero-order valence-corrected chi connectivity index (χ0v) is 21.2. The minimum absolute atomic E-state index is 0.0232. The number of hydrogen-bond acceptors (Lipinski definition) is 6. The van der Waals surface area contributed by atoms with Crippen molar-refractivity contribution < 1.29 is 14.3 Å². The van der Waals surface area contributed by atoms with E-state index in [-0.39, 0.29) is 17.4 Å². The molecule has 1 atom stereocenters. The summed E-state index contributed by atoms with van der Waals surface area (Å²) in [5, 5.41) is 3.01. The van der Waals surface area contributed by atoms with E-state index < -0.39 is 11.7 Å². The highest BCUT2D eigenvalue weighted by Crippen LogP contribution is 2.39. The minimum Gasteiger partial charge on any atom is -0.444 e. The summed E-state index contributed by atoms with van der Waals surface area (Å²) >= 11 is 0. The molecule has 0 radical (unpaired) electrons. The molecule has 0 spiro atoms. The number of alkyl carbamates (subject to hydrolysis) is 1. The summed E-state index contributed by atoms with van der Waals surface area (Å²) in [5.41, 5.74) is 8.63. The highest BCUT2D eigenvalue weighted by atomic mass is 16.6. The maximum absolute atomic E-state index is 13.0. The van der Waals surface area contributed by atoms with Crippen LogP contribution in [0.25, 0.3) is 0 Å². The Balaban J connectivity index is 1.78. The monoisotopic (exact) mass is 459 g/mol. The molecule has 184 valence electrons. The number of anilines is 3. The fourth-order valence-electron chi connectivity index (χ4n) is 4.54. The van der Waals surface area contributed by atoms with Gasteiger partial charge in [0.2, 0.25) is 5.91 Å². The second-order valence-electron chi connectivity index (χ2n) is 11.5. The van der Waals surface area contributed by atoms with Crippen LogP contribution in [0.4, 0.5) is 22.0 Å². The number of hydrogen-bond donors (Lipinski definition) is 2. The van der Waals surface area contributed by atoms with Crippen LogP contribution in [0.1, 0.15) is 79.2 Å². The Labute approximate surface area is 198 Å². The normalized spacial score (nSPS) is 19.2. The summed E-state index contributed by atoms with van der Waals surface area (Å²) in [4.78, 5) is 34.0. The van der Waals surface area contributed by atoms with Crippen LogP contribution in [0.2, 0.25) is 0 Å². The molecule has 0 saturated carbocycles. The lowest BCUT2D eigenvalue weighted by Gasteiger charge is -2.38. The minimum atomic E-state index is -0.532. The van der Waals surface area contributed by atoms with Gasteiger partial charge in [-0.15, -0.1) is 0 Å². The van der Waals surface area contributed by atoms with Crippen LogP contribution in [0.5, 0.6) is 0 Å². The van der Waals surface area contributed by atoms with Crippen molar-refractivity contribution in [2.45, 2.75) is 91.7 Å². The SMILES string of the molecule is CC(C)(C)CCC(=O)N1CCCc2c1ncc(N)c2N1CCC[C@H](NC(=O)OC(C)(C)C)C1. The number of nitrogen functional groups attached to an aromatic ring is 1. The Hall–Kier alpha value is -2.51. The van der Waals surface area contributed by atoms with E-state index in [0.29, 0.717) is 25.2 Å². The van der Waals surface area contributed by atoms with Crippen molar-refractivity contribution in [3.63, 3.8) is 0 Å². The molecule has 2 aliphatic rings. The molecule has 2 amide bonds. The first-order valence-corrected chi connectivity index (χ1v) is 12.2. The molecule has 8 heteroatoms. The Morgan fingerprint density at radius 1 is 1.18 bits per heavy atom. The van der Waals surface area contributed by atoms with E-state index in [1.807, 2.05) is 25.7 Å². The van der Waals surface area contributed by atoms with E-state index in [1.165, 1.54) is 0 Å². The number of carbonyl (C=O) groups is 2. The van der Waals surface area contributed by atoms with E-state index in [0.717, 1.165) is 55.7 Å². The number of nitrogens with two attached hydrogens (primary N) is 1. The third-order valence-electron chi connectivity index (χ3n) is 6.07. The Bertz CT molecular complexity index is 872. The fourth-order valence-corrected chi connectivity index (χ4v) is 4.54. The first-order valence-electron chi connectivity index (χ1n) is 12.2. The van der Waals surface area contributed by atoms with E-state index in [2.05, 4.69) is 36.0 Å². The first-order chi connectivity index (χ1) is 15.3. The second-order valence-corrected chi connectivity index (χ2v) is 11.5. The number of nitrogens with zero attached hydrogens (tertiary/aromatic N) is 3. The Kier molecular flexibility index (Phi) is 7.44. The molecule has 3 rings (SSSR count). The zero-order valence-electron chi connectivity index (χ0n) is 21.2. The topological polar surface area (TPSA) is 101 Å². The van der Waals surface area contributed by atoms with Crippen molar-refractivity contribution >= 4 is 29.2 Å². The largest absolute Gasteiger partial charge is 0.444 e. The highest BCUT2D eigenvalue weighted by molar-refractivity contribution is 5.95. The highest BCUT2D eigenvalue weighted by Gasteiger charge is 2.31. The number of carbonyl (C=O) groups excluding carboxylic acids is 2. The third kappa shape index (κ3) is 6.74. The molecule has 0 unspecified atom stereocenters. The van der Waals surface area contributed by atoms with Crippen molar-refractivity contribution in [1.29, 1.82) is 0 Å². The van der Waals surface area contributed by atoms with Crippen molar-refractivity contribution in [3.05, 3.63) is 11.8 Å². The van der Waals surface area contributed by atoms with Gasteiger partial charge in [0, 0.05) is 37.7 Å². The summed E-state index contributed by atoms with van der Waals surface area (Å²) in [5.74, 6) is 0.865. The van der Waals surface area contributed by atoms with Crippen molar-refractivity contribution in [1.82, 2.24) is 10.3 Å². The van der Waals surface area contributed by atoms with Gasteiger partial charge >= 0.3 is 6.09 Å². The van der Waals surface area contributed by atoms with Gasteiger partial charge in [-0.25, -0.2) is 9.78 Å². The summed E-state index contributed by atoms with van der Waals surface area (Å²) in [6.07, 6.45) is 6.18. The van der Waals surface area contributed by atoms with Crippen molar-refractivity contribution in [2.75, 3.05) is 35.2 Å². The molecular weight excluding hydrogens is 418 g/mol. The van der Waals surface area contributed by atoms with Gasteiger partial charge in [-0.2, -0.15) is 0 Å². The molecule has 1 aromatic rings. The number of fused-ring (bicyclic) bond motifs is 1. The van der Waals surface area contributed by atoms with E-state index in [4.69, 9.17) is 10.5 Å². The molecule has 1 aromatic heterocycles. The molecule has 3 heterocycles. The van der Waals surface area contributed by atoms with Gasteiger partial charge in [-0.3, -0.25) is 9.69 Å². The summed E-state index contributed by atoms with van der Waals surface area (Å²) < 4.78 is 5.44. The van der Waals surface area contributed by atoms with Crippen LogP contribution in [-0.2, 0) is 16.0 Å². The number of pyridine rings is 1. The van der Waals surface area contributed by atoms with Gasteiger partial charge in [0.25, 0.3) is 0 Å². The summed E-state index contributed by atoms with van der Waals surface area (Å²) in [6.45, 7) is 14.2. The van der Waals surface area contributed by atoms with E-state index >= 15 is 0 Å². The zero-order chi connectivity index (χ0) is 24.4. The average Bonchev–Trinajstić information content (AvgIpc) is 2.69. The molecule has 33 heavy (non-hydrogen) atoms. The average molecular weight is 460 g/mol. The van der Waals surface area contributed by atoms with Crippen molar-refractivity contribution in [3.8, 4) is 0 Å². The number of ether oxygens (including phenoxy) is 1. The van der Waals surface area contributed by atoms with Gasteiger partial charge in [0.1, 0.15) is 11.4 Å². The van der Waals surface area contributed by atoms with Gasteiger partial charge in [-0.05, 0) is 58.3 Å². The second kappa shape index (κ2) is 9.77. The first kappa shape index (κ1) is 25.1. The lowest BCUT2D eigenvalue weighted by Crippen LogP contribution is -2.49. The van der Waals surface area contributed by atoms with Gasteiger partial charge in [0.05, 0.1) is 17.6 Å². The number of nitrogens with one attached hydrogen (secondary N) is 1.